The number of amides is 1. The van der Waals surface area contributed by atoms with Gasteiger partial charge in [-0.05, 0) is 84.8 Å². The Labute approximate surface area is 190 Å². The maximum absolute atomic E-state index is 12.3. The van der Waals surface area contributed by atoms with E-state index in [0.717, 1.165) is 33.8 Å². The Kier molecular flexibility index (Phi) is 6.30. The maximum Gasteiger partial charge on any atom is 0.264 e. The quantitative estimate of drug-likeness (QED) is 0.338. The first-order valence-corrected chi connectivity index (χ1v) is 10.8. The zero-order valence-electron chi connectivity index (χ0n) is 17.0. The Hall–Kier alpha value is -3.22. The second kappa shape index (κ2) is 9.29. The minimum absolute atomic E-state index is 0.167. The predicted molar refractivity (Wildman–Crippen MR) is 129 cm³/mol. The van der Waals surface area contributed by atoms with Crippen molar-refractivity contribution in [3.63, 3.8) is 0 Å². The molecule has 0 saturated carbocycles. The monoisotopic (exact) mass is 446 g/mol. The second-order valence-corrected chi connectivity index (χ2v) is 8.46. The lowest BCUT2D eigenvalue weighted by atomic mass is 10.2. The molecule has 154 valence electrons. The van der Waals surface area contributed by atoms with Crippen LogP contribution in [0.2, 0.25) is 5.02 Å². The summed E-state index contributed by atoms with van der Waals surface area (Å²) < 4.78 is 0. The van der Waals surface area contributed by atoms with E-state index in [-0.39, 0.29) is 5.91 Å². The van der Waals surface area contributed by atoms with Gasteiger partial charge in [-0.1, -0.05) is 41.9 Å². The SMILES string of the molecule is Cc1ccccc1N=Nc1ccc(N=C2NC(=O)/C(=C/c3ccc(Cl)cc3)S2)c(C)c1. The molecular weight excluding hydrogens is 428 g/mol. The van der Waals surface area contributed by atoms with Crippen LogP contribution in [0.1, 0.15) is 16.7 Å². The van der Waals surface area contributed by atoms with E-state index in [9.17, 15) is 4.79 Å². The third-order valence-electron chi connectivity index (χ3n) is 4.61. The standard InChI is InChI=1S/C24H19ClN4OS/c1-15-5-3-4-6-21(15)29-28-19-11-12-20(16(2)13-19)26-24-27-23(30)22(31-24)14-17-7-9-18(25)10-8-17/h3-14H,1-2H3,(H,26,27,30)/b22-14-,29-28?. The molecule has 3 aromatic rings. The van der Waals surface area contributed by atoms with Gasteiger partial charge in [-0.25, -0.2) is 4.99 Å². The van der Waals surface area contributed by atoms with Crippen molar-refractivity contribution in [2.75, 3.05) is 0 Å². The van der Waals surface area contributed by atoms with Crippen LogP contribution in [0.5, 0.6) is 0 Å². The highest BCUT2D eigenvalue weighted by molar-refractivity contribution is 8.18. The molecule has 4 rings (SSSR count). The number of carbonyl (C=O) groups excluding carboxylic acids is 1. The van der Waals surface area contributed by atoms with E-state index in [0.29, 0.717) is 15.1 Å². The second-order valence-electron chi connectivity index (χ2n) is 6.99. The summed E-state index contributed by atoms with van der Waals surface area (Å²) in [4.78, 5) is 17.5. The van der Waals surface area contributed by atoms with Crippen molar-refractivity contribution < 1.29 is 4.79 Å². The Balaban J connectivity index is 1.51. The number of halogens is 1. The molecule has 0 radical (unpaired) electrons. The zero-order chi connectivity index (χ0) is 21.8. The van der Waals surface area contributed by atoms with Gasteiger partial charge in [0.15, 0.2) is 5.17 Å². The van der Waals surface area contributed by atoms with Crippen molar-refractivity contribution in [3.05, 3.63) is 93.3 Å². The topological polar surface area (TPSA) is 66.2 Å². The molecule has 1 aliphatic rings. The average molecular weight is 447 g/mol. The summed E-state index contributed by atoms with van der Waals surface area (Å²) in [6.45, 7) is 3.96. The summed E-state index contributed by atoms with van der Waals surface area (Å²) in [5, 5.41) is 12.7. The van der Waals surface area contributed by atoms with Gasteiger partial charge in [0.25, 0.3) is 5.91 Å². The number of hydrogen-bond donors (Lipinski definition) is 1. The van der Waals surface area contributed by atoms with Crippen LogP contribution >= 0.6 is 23.4 Å². The molecule has 1 saturated heterocycles. The summed E-state index contributed by atoms with van der Waals surface area (Å²) in [5.74, 6) is -0.167. The Morgan fingerprint density at radius 3 is 2.42 bits per heavy atom. The van der Waals surface area contributed by atoms with Gasteiger partial charge in [0.1, 0.15) is 0 Å². The molecule has 0 atom stereocenters. The van der Waals surface area contributed by atoms with Gasteiger partial charge < -0.3 is 5.32 Å². The molecule has 5 nitrogen and oxygen atoms in total. The van der Waals surface area contributed by atoms with E-state index in [1.165, 1.54) is 11.8 Å². The number of benzene rings is 3. The highest BCUT2D eigenvalue weighted by Crippen LogP contribution is 2.31. The van der Waals surface area contributed by atoms with Crippen LogP contribution in [-0.2, 0) is 4.79 Å². The van der Waals surface area contributed by atoms with Gasteiger partial charge >= 0.3 is 0 Å². The fraction of sp³-hybridized carbons (Fsp3) is 0.0833. The fourth-order valence-corrected chi connectivity index (χ4v) is 3.88. The minimum atomic E-state index is -0.167. The molecule has 1 aliphatic heterocycles. The van der Waals surface area contributed by atoms with Gasteiger partial charge in [0.05, 0.1) is 22.0 Å². The normalized spacial score (nSPS) is 16.4. The highest BCUT2D eigenvalue weighted by Gasteiger charge is 2.24. The van der Waals surface area contributed by atoms with Gasteiger partial charge in [-0.3, -0.25) is 4.79 Å². The number of carbonyl (C=O) groups is 1. The largest absolute Gasteiger partial charge is 0.300 e. The van der Waals surface area contributed by atoms with E-state index in [1.54, 1.807) is 12.1 Å². The van der Waals surface area contributed by atoms with Crippen LogP contribution in [0.4, 0.5) is 17.1 Å². The number of hydrogen-bond acceptors (Lipinski definition) is 5. The van der Waals surface area contributed by atoms with Crippen molar-refractivity contribution in [1.82, 2.24) is 5.32 Å². The summed E-state index contributed by atoms with van der Waals surface area (Å²) in [6.07, 6.45) is 1.82. The summed E-state index contributed by atoms with van der Waals surface area (Å²) in [6, 6.07) is 20.8. The smallest absolute Gasteiger partial charge is 0.264 e. The first kappa shape index (κ1) is 21.0. The van der Waals surface area contributed by atoms with Crippen molar-refractivity contribution >= 4 is 57.6 Å². The molecular formula is C24H19ClN4OS. The fourth-order valence-electron chi connectivity index (χ4n) is 2.91. The Morgan fingerprint density at radius 2 is 1.68 bits per heavy atom. The summed E-state index contributed by atoms with van der Waals surface area (Å²) in [7, 11) is 0. The Morgan fingerprint density at radius 1 is 0.903 bits per heavy atom. The van der Waals surface area contributed by atoms with Crippen molar-refractivity contribution in [2.24, 2.45) is 15.2 Å². The summed E-state index contributed by atoms with van der Waals surface area (Å²) >= 11 is 7.23. The molecule has 0 unspecified atom stereocenters. The number of azo groups is 1. The van der Waals surface area contributed by atoms with Crippen molar-refractivity contribution in [3.8, 4) is 0 Å². The van der Waals surface area contributed by atoms with Crippen LogP contribution < -0.4 is 5.32 Å². The number of nitrogens with one attached hydrogen (secondary N) is 1. The van der Waals surface area contributed by atoms with Crippen LogP contribution in [0, 0.1) is 13.8 Å². The van der Waals surface area contributed by atoms with E-state index in [1.807, 2.05) is 74.5 Å². The molecule has 0 spiro atoms. The van der Waals surface area contributed by atoms with Gasteiger partial charge in [0.2, 0.25) is 0 Å². The molecule has 1 amide bonds. The third kappa shape index (κ3) is 5.29. The molecule has 1 N–H and O–H groups in total. The number of aliphatic imine (C=N–C) groups is 1. The highest BCUT2D eigenvalue weighted by atomic mass is 35.5. The molecule has 31 heavy (non-hydrogen) atoms. The molecule has 0 aromatic heterocycles. The van der Waals surface area contributed by atoms with E-state index < -0.39 is 0 Å². The van der Waals surface area contributed by atoms with E-state index >= 15 is 0 Å². The third-order valence-corrected chi connectivity index (χ3v) is 5.77. The van der Waals surface area contributed by atoms with Crippen molar-refractivity contribution in [1.29, 1.82) is 0 Å². The Bertz CT molecular complexity index is 1230. The van der Waals surface area contributed by atoms with Gasteiger partial charge in [-0.15, -0.1) is 0 Å². The number of rotatable bonds is 4. The first-order valence-electron chi connectivity index (χ1n) is 9.61. The van der Waals surface area contributed by atoms with Crippen LogP contribution in [0.3, 0.4) is 0 Å². The predicted octanol–water partition coefficient (Wildman–Crippen LogP) is 7.26. The van der Waals surface area contributed by atoms with Crippen LogP contribution in [-0.4, -0.2) is 11.1 Å². The number of amidine groups is 1. The molecule has 3 aromatic carbocycles. The maximum atomic E-state index is 12.3. The summed E-state index contributed by atoms with van der Waals surface area (Å²) in [5.41, 5.74) is 5.28. The van der Waals surface area contributed by atoms with Gasteiger partial charge in [0, 0.05) is 5.02 Å². The zero-order valence-corrected chi connectivity index (χ0v) is 18.5. The molecule has 1 heterocycles. The number of nitrogens with zero attached hydrogens (tertiary/aromatic N) is 3. The molecule has 0 bridgehead atoms. The molecule has 7 heteroatoms. The average Bonchev–Trinajstić information content (AvgIpc) is 3.09. The molecule has 0 aliphatic carbocycles. The van der Waals surface area contributed by atoms with E-state index in [4.69, 9.17) is 11.6 Å². The van der Waals surface area contributed by atoms with Gasteiger partial charge in [-0.2, -0.15) is 10.2 Å². The molecule has 1 fully saturated rings. The first-order chi connectivity index (χ1) is 15.0. The lowest BCUT2D eigenvalue weighted by Gasteiger charge is -2.03. The van der Waals surface area contributed by atoms with Crippen molar-refractivity contribution in [2.45, 2.75) is 13.8 Å². The lowest BCUT2D eigenvalue weighted by Crippen LogP contribution is -2.19. The number of thioether (sulfide) groups is 1. The van der Waals surface area contributed by atoms with E-state index in [2.05, 4.69) is 20.5 Å². The van der Waals surface area contributed by atoms with Crippen LogP contribution in [0.15, 0.2) is 86.9 Å². The van der Waals surface area contributed by atoms with Crippen LogP contribution in [0.25, 0.3) is 6.08 Å². The minimum Gasteiger partial charge on any atom is -0.300 e. The lowest BCUT2D eigenvalue weighted by molar-refractivity contribution is -0.115. The number of aryl methyl sites for hydroxylation is 2.